The quantitative estimate of drug-likeness (QED) is 0.440. The van der Waals surface area contributed by atoms with Crippen molar-refractivity contribution in [3.63, 3.8) is 0 Å². The number of rotatable bonds is 5. The van der Waals surface area contributed by atoms with Crippen molar-refractivity contribution in [1.29, 1.82) is 0 Å². The number of imide groups is 1. The molecule has 0 aliphatic carbocycles. The highest BCUT2D eigenvalue weighted by Crippen LogP contribution is 1.90. The Labute approximate surface area is 96.6 Å². The zero-order valence-corrected chi connectivity index (χ0v) is 8.94. The summed E-state index contributed by atoms with van der Waals surface area (Å²) in [5, 5.41) is 6.87. The summed E-state index contributed by atoms with van der Waals surface area (Å²) in [7, 11) is 0. The number of carbonyl (C=O) groups is 3. The van der Waals surface area contributed by atoms with Gasteiger partial charge in [-0.05, 0) is 13.0 Å². The number of nitrogens with zero attached hydrogens (tertiary/aromatic N) is 4. The predicted octanol–water partition coefficient (Wildman–Crippen LogP) is -2.32. The van der Waals surface area contributed by atoms with Crippen LogP contribution in [0.15, 0.2) is 12.7 Å². The Kier molecular flexibility index (Phi) is 4.76. The van der Waals surface area contributed by atoms with Gasteiger partial charge in [0.15, 0.2) is 0 Å². The Hall–Kier alpha value is -2.29. The van der Waals surface area contributed by atoms with Gasteiger partial charge in [0.2, 0.25) is 6.41 Å². The van der Waals surface area contributed by atoms with Crippen LogP contribution in [-0.4, -0.2) is 51.1 Å². The first kappa shape index (κ1) is 12.8. The molecule has 0 bridgehead atoms. The van der Waals surface area contributed by atoms with Crippen LogP contribution in [0.25, 0.3) is 0 Å². The van der Waals surface area contributed by atoms with E-state index < -0.39 is 11.8 Å². The number of nitrogens with one attached hydrogen (secondary N) is 1. The third-order valence-electron chi connectivity index (χ3n) is 1.83. The highest BCUT2D eigenvalue weighted by molar-refractivity contribution is 6.39. The molecule has 92 valence electrons. The molecular weight excluding hydrogens is 228 g/mol. The van der Waals surface area contributed by atoms with Gasteiger partial charge in [0.1, 0.15) is 12.7 Å². The summed E-state index contributed by atoms with van der Waals surface area (Å²) in [6.07, 6.45) is 3.14. The van der Waals surface area contributed by atoms with Gasteiger partial charge in [0.25, 0.3) is 0 Å². The zero-order chi connectivity index (χ0) is 12.7. The molecule has 0 fully saturated rings. The maximum Gasteiger partial charge on any atom is 0.328 e. The molecule has 0 aliphatic rings. The van der Waals surface area contributed by atoms with Gasteiger partial charge < -0.3 is 5.73 Å². The number of carbonyl (C=O) groups excluding carboxylic acids is 3. The number of nitrogens with two attached hydrogens (primary N) is 1. The molecule has 1 rings (SSSR count). The molecule has 9 heteroatoms. The lowest BCUT2D eigenvalue weighted by Crippen LogP contribution is -2.42. The van der Waals surface area contributed by atoms with Gasteiger partial charge in [0.05, 0.1) is 0 Å². The van der Waals surface area contributed by atoms with Gasteiger partial charge >= 0.3 is 11.8 Å². The Bertz CT molecular complexity index is 390. The number of amides is 3. The van der Waals surface area contributed by atoms with E-state index in [9.17, 15) is 14.4 Å². The summed E-state index contributed by atoms with van der Waals surface area (Å²) in [5.74, 6) is -1.91. The van der Waals surface area contributed by atoms with Crippen LogP contribution < -0.4 is 11.2 Å². The molecule has 9 nitrogen and oxygen atoms in total. The first-order chi connectivity index (χ1) is 8.19. The number of aromatic nitrogens is 3. The van der Waals surface area contributed by atoms with E-state index in [-0.39, 0.29) is 6.54 Å². The van der Waals surface area contributed by atoms with Crippen LogP contribution in [0.4, 0.5) is 0 Å². The van der Waals surface area contributed by atoms with E-state index in [4.69, 9.17) is 5.73 Å². The van der Waals surface area contributed by atoms with Crippen LogP contribution in [0.1, 0.15) is 6.42 Å². The van der Waals surface area contributed by atoms with Gasteiger partial charge in [-0.15, -0.1) is 10.2 Å². The normalized spacial score (nSPS) is 9.71. The first-order valence-corrected chi connectivity index (χ1v) is 4.81. The topological polar surface area (TPSA) is 123 Å². The monoisotopic (exact) mass is 240 g/mol. The van der Waals surface area contributed by atoms with E-state index in [1.807, 2.05) is 0 Å². The number of hydrogen-bond donors (Lipinski definition) is 2. The molecule has 0 atom stereocenters. The molecule has 3 N–H and O–H groups in total. The van der Waals surface area contributed by atoms with Crippen molar-refractivity contribution in [2.45, 2.75) is 6.42 Å². The fourth-order valence-corrected chi connectivity index (χ4v) is 1.02. The molecule has 1 aromatic rings. The SMILES string of the molecule is NCCCN(C=O)C(=O)C(=O)Nn1cnnc1. The molecule has 3 amide bonds. The summed E-state index contributed by atoms with van der Waals surface area (Å²) in [6, 6.07) is 0. The van der Waals surface area contributed by atoms with Crippen molar-refractivity contribution in [1.82, 2.24) is 19.8 Å². The molecule has 0 unspecified atom stereocenters. The lowest BCUT2D eigenvalue weighted by Gasteiger charge is -2.14. The van der Waals surface area contributed by atoms with E-state index >= 15 is 0 Å². The summed E-state index contributed by atoms with van der Waals surface area (Å²) in [4.78, 5) is 34.3. The standard InChI is InChI=1S/C8H12N6O3/c9-2-1-3-13(6-15)8(17)7(16)12-14-4-10-11-5-14/h4-6H,1-3,9H2,(H,12,16). The summed E-state index contributed by atoms with van der Waals surface area (Å²) in [6.45, 7) is 0.430. The van der Waals surface area contributed by atoms with E-state index in [0.29, 0.717) is 19.4 Å². The Morgan fingerprint density at radius 1 is 1.41 bits per heavy atom. The third-order valence-corrected chi connectivity index (χ3v) is 1.83. The highest BCUT2D eigenvalue weighted by Gasteiger charge is 2.21. The lowest BCUT2D eigenvalue weighted by molar-refractivity contribution is -0.147. The molecule has 0 aliphatic heterocycles. The highest BCUT2D eigenvalue weighted by atomic mass is 16.2. The second-order valence-electron chi connectivity index (χ2n) is 3.06. The fraction of sp³-hybridized carbons (Fsp3) is 0.375. The third kappa shape index (κ3) is 3.65. The molecule has 0 aromatic carbocycles. The minimum atomic E-state index is -0.956. The van der Waals surface area contributed by atoms with Gasteiger partial charge in [-0.1, -0.05) is 0 Å². The van der Waals surface area contributed by atoms with Crippen molar-refractivity contribution in [2.24, 2.45) is 5.73 Å². The zero-order valence-electron chi connectivity index (χ0n) is 8.94. The lowest BCUT2D eigenvalue weighted by atomic mass is 10.4. The average molecular weight is 240 g/mol. The molecular formula is C8H12N6O3. The van der Waals surface area contributed by atoms with Crippen molar-refractivity contribution in [3.8, 4) is 0 Å². The molecule has 1 heterocycles. The summed E-state index contributed by atoms with van der Waals surface area (Å²) in [5.41, 5.74) is 7.43. The van der Waals surface area contributed by atoms with E-state index in [1.165, 1.54) is 12.7 Å². The average Bonchev–Trinajstić information content (AvgIpc) is 2.82. The summed E-state index contributed by atoms with van der Waals surface area (Å²) < 4.78 is 1.10. The Morgan fingerprint density at radius 3 is 2.59 bits per heavy atom. The van der Waals surface area contributed by atoms with Gasteiger partial charge in [-0.25, -0.2) is 4.68 Å². The Balaban J connectivity index is 2.55. The molecule has 17 heavy (non-hydrogen) atoms. The van der Waals surface area contributed by atoms with Crippen molar-refractivity contribution >= 4 is 18.2 Å². The second-order valence-corrected chi connectivity index (χ2v) is 3.06. The van der Waals surface area contributed by atoms with Gasteiger partial charge in [-0.2, -0.15) is 0 Å². The molecule has 0 saturated heterocycles. The van der Waals surface area contributed by atoms with Gasteiger partial charge in [-0.3, -0.25) is 24.7 Å². The maximum atomic E-state index is 11.5. The molecule has 0 spiro atoms. The van der Waals surface area contributed by atoms with Crippen molar-refractivity contribution in [3.05, 3.63) is 12.7 Å². The van der Waals surface area contributed by atoms with Crippen LogP contribution in [-0.2, 0) is 14.4 Å². The predicted molar refractivity (Wildman–Crippen MR) is 55.8 cm³/mol. The maximum absolute atomic E-state index is 11.5. The first-order valence-electron chi connectivity index (χ1n) is 4.81. The van der Waals surface area contributed by atoms with E-state index in [0.717, 1.165) is 9.58 Å². The number of hydrogen-bond acceptors (Lipinski definition) is 6. The van der Waals surface area contributed by atoms with Crippen molar-refractivity contribution in [2.75, 3.05) is 18.5 Å². The van der Waals surface area contributed by atoms with Crippen LogP contribution in [0, 0.1) is 0 Å². The smallest absolute Gasteiger partial charge is 0.328 e. The largest absolute Gasteiger partial charge is 0.330 e. The van der Waals surface area contributed by atoms with Crippen LogP contribution in [0.2, 0.25) is 0 Å². The van der Waals surface area contributed by atoms with Crippen LogP contribution in [0.3, 0.4) is 0 Å². The summed E-state index contributed by atoms with van der Waals surface area (Å²) >= 11 is 0. The minimum Gasteiger partial charge on any atom is -0.330 e. The molecule has 1 aromatic heterocycles. The van der Waals surface area contributed by atoms with Crippen molar-refractivity contribution < 1.29 is 14.4 Å². The van der Waals surface area contributed by atoms with E-state index in [2.05, 4.69) is 15.6 Å². The van der Waals surface area contributed by atoms with Crippen LogP contribution >= 0.6 is 0 Å². The molecule has 0 radical (unpaired) electrons. The van der Waals surface area contributed by atoms with Crippen LogP contribution in [0.5, 0.6) is 0 Å². The Morgan fingerprint density at radius 2 is 2.06 bits per heavy atom. The minimum absolute atomic E-state index is 0.106. The van der Waals surface area contributed by atoms with Gasteiger partial charge in [0, 0.05) is 6.54 Å². The van der Waals surface area contributed by atoms with E-state index in [1.54, 1.807) is 0 Å². The molecule has 0 saturated carbocycles. The second kappa shape index (κ2) is 6.33. The fourth-order valence-electron chi connectivity index (χ4n) is 1.02.